The lowest BCUT2D eigenvalue weighted by atomic mass is 9.99. The third-order valence-corrected chi connectivity index (χ3v) is 3.16. The molecule has 0 bridgehead atoms. The van der Waals surface area contributed by atoms with E-state index >= 15 is 0 Å². The first-order valence-corrected chi connectivity index (χ1v) is 6.45. The average Bonchev–Trinajstić information content (AvgIpc) is 2.43. The molecule has 1 aromatic carbocycles. The molecular weight excluding hydrogens is 224 g/mol. The Morgan fingerprint density at radius 2 is 2.17 bits per heavy atom. The lowest BCUT2D eigenvalue weighted by Gasteiger charge is -2.18. The van der Waals surface area contributed by atoms with Gasteiger partial charge in [-0.1, -0.05) is 18.2 Å². The van der Waals surface area contributed by atoms with Gasteiger partial charge in [-0.15, -0.1) is 0 Å². The molecule has 0 aliphatic rings. The topological polar surface area (TPSA) is 34.1 Å². The molecule has 2 rings (SSSR count). The summed E-state index contributed by atoms with van der Waals surface area (Å²) >= 11 is 0. The van der Waals surface area contributed by atoms with Gasteiger partial charge in [-0.05, 0) is 38.1 Å². The van der Waals surface area contributed by atoms with Crippen LogP contribution in [-0.2, 0) is 4.74 Å². The number of nitrogens with one attached hydrogen (secondary N) is 1. The van der Waals surface area contributed by atoms with Crippen molar-refractivity contribution in [3.8, 4) is 0 Å². The molecule has 0 aliphatic heterocycles. The highest BCUT2D eigenvalue weighted by molar-refractivity contribution is 5.82. The molecule has 1 aromatic heterocycles. The maximum atomic E-state index is 5.44. The Balaban J connectivity index is 2.27. The van der Waals surface area contributed by atoms with Gasteiger partial charge in [-0.25, -0.2) is 0 Å². The Morgan fingerprint density at radius 3 is 2.94 bits per heavy atom. The van der Waals surface area contributed by atoms with Gasteiger partial charge in [-0.2, -0.15) is 0 Å². The molecule has 2 aromatic rings. The lowest BCUT2D eigenvalue weighted by Crippen LogP contribution is -2.18. The first-order chi connectivity index (χ1) is 8.86. The van der Waals surface area contributed by atoms with Gasteiger partial charge < -0.3 is 10.1 Å². The fraction of sp³-hybridized carbons (Fsp3) is 0.400. The minimum atomic E-state index is 0.310. The summed E-state index contributed by atoms with van der Waals surface area (Å²) < 4.78 is 5.44. The zero-order chi connectivity index (χ0) is 12.8. The van der Waals surface area contributed by atoms with Crippen LogP contribution in [0.15, 0.2) is 36.5 Å². The van der Waals surface area contributed by atoms with E-state index in [2.05, 4.69) is 28.5 Å². The van der Waals surface area contributed by atoms with Crippen LogP contribution >= 0.6 is 0 Å². The quantitative estimate of drug-likeness (QED) is 0.793. The summed E-state index contributed by atoms with van der Waals surface area (Å²) in [4.78, 5) is 4.40. The van der Waals surface area contributed by atoms with Crippen molar-refractivity contribution in [2.45, 2.75) is 19.4 Å². The number of ether oxygens (including phenoxy) is 1. The van der Waals surface area contributed by atoms with Crippen LogP contribution in [0.5, 0.6) is 0 Å². The van der Waals surface area contributed by atoms with Gasteiger partial charge in [0.05, 0.1) is 5.52 Å². The Labute approximate surface area is 108 Å². The molecule has 1 N–H and O–H groups in total. The normalized spacial score (nSPS) is 12.8. The van der Waals surface area contributed by atoms with Gasteiger partial charge in [0.1, 0.15) is 0 Å². The SMILES string of the molecule is CCOCCC(NC)c1cccc2ncccc12. The van der Waals surface area contributed by atoms with Crippen molar-refractivity contribution in [3.63, 3.8) is 0 Å². The molecule has 0 aliphatic carbocycles. The summed E-state index contributed by atoms with van der Waals surface area (Å²) in [5.41, 5.74) is 2.34. The molecule has 3 nitrogen and oxygen atoms in total. The number of pyridine rings is 1. The van der Waals surface area contributed by atoms with Crippen molar-refractivity contribution in [1.29, 1.82) is 0 Å². The van der Waals surface area contributed by atoms with Crippen molar-refractivity contribution in [2.75, 3.05) is 20.3 Å². The van der Waals surface area contributed by atoms with Gasteiger partial charge >= 0.3 is 0 Å². The highest BCUT2D eigenvalue weighted by Crippen LogP contribution is 2.24. The summed E-state index contributed by atoms with van der Waals surface area (Å²) in [5, 5.41) is 4.58. The molecule has 18 heavy (non-hydrogen) atoms. The number of hydrogen-bond donors (Lipinski definition) is 1. The maximum Gasteiger partial charge on any atom is 0.0705 e. The summed E-state index contributed by atoms with van der Waals surface area (Å²) in [6, 6.07) is 10.7. The maximum absolute atomic E-state index is 5.44. The second-order valence-electron chi connectivity index (χ2n) is 4.24. The van der Waals surface area contributed by atoms with Crippen molar-refractivity contribution in [2.24, 2.45) is 0 Å². The highest BCUT2D eigenvalue weighted by Gasteiger charge is 2.12. The molecule has 1 unspecified atom stereocenters. The summed E-state index contributed by atoms with van der Waals surface area (Å²) in [6.07, 6.45) is 2.80. The minimum Gasteiger partial charge on any atom is -0.382 e. The van der Waals surface area contributed by atoms with E-state index in [-0.39, 0.29) is 0 Å². The molecule has 0 saturated heterocycles. The fourth-order valence-corrected chi connectivity index (χ4v) is 2.23. The molecular formula is C15H20N2O. The Morgan fingerprint density at radius 1 is 1.28 bits per heavy atom. The van der Waals surface area contributed by atoms with Crippen LogP contribution in [0.1, 0.15) is 24.9 Å². The number of fused-ring (bicyclic) bond motifs is 1. The van der Waals surface area contributed by atoms with Gasteiger partial charge in [0.25, 0.3) is 0 Å². The third kappa shape index (κ3) is 2.86. The summed E-state index contributed by atoms with van der Waals surface area (Å²) in [5.74, 6) is 0. The molecule has 96 valence electrons. The monoisotopic (exact) mass is 244 g/mol. The number of nitrogens with zero attached hydrogens (tertiary/aromatic N) is 1. The molecule has 0 radical (unpaired) electrons. The molecule has 1 heterocycles. The van der Waals surface area contributed by atoms with Crippen LogP contribution in [0, 0.1) is 0 Å². The Kier molecular flexibility index (Phi) is 4.67. The first-order valence-electron chi connectivity index (χ1n) is 6.45. The second-order valence-corrected chi connectivity index (χ2v) is 4.24. The highest BCUT2D eigenvalue weighted by atomic mass is 16.5. The molecule has 0 spiro atoms. The number of hydrogen-bond acceptors (Lipinski definition) is 3. The van der Waals surface area contributed by atoms with E-state index in [4.69, 9.17) is 4.74 Å². The van der Waals surface area contributed by atoms with E-state index < -0.39 is 0 Å². The smallest absolute Gasteiger partial charge is 0.0705 e. The van der Waals surface area contributed by atoms with E-state index in [9.17, 15) is 0 Å². The zero-order valence-electron chi connectivity index (χ0n) is 11.0. The average molecular weight is 244 g/mol. The fourth-order valence-electron chi connectivity index (χ4n) is 2.23. The molecule has 0 fully saturated rings. The molecule has 3 heteroatoms. The third-order valence-electron chi connectivity index (χ3n) is 3.16. The van der Waals surface area contributed by atoms with E-state index in [0.29, 0.717) is 6.04 Å². The zero-order valence-corrected chi connectivity index (χ0v) is 11.0. The predicted octanol–water partition coefficient (Wildman–Crippen LogP) is 2.92. The van der Waals surface area contributed by atoms with Crippen LogP contribution in [-0.4, -0.2) is 25.2 Å². The van der Waals surface area contributed by atoms with Crippen LogP contribution in [0.3, 0.4) is 0 Å². The Bertz CT molecular complexity index is 493. The van der Waals surface area contributed by atoms with Gasteiger partial charge in [0.2, 0.25) is 0 Å². The van der Waals surface area contributed by atoms with Crippen molar-refractivity contribution >= 4 is 10.9 Å². The number of aromatic nitrogens is 1. The molecule has 0 amide bonds. The largest absolute Gasteiger partial charge is 0.382 e. The molecule has 0 saturated carbocycles. The number of rotatable bonds is 6. The van der Waals surface area contributed by atoms with Gasteiger partial charge in [0, 0.05) is 30.8 Å². The van der Waals surface area contributed by atoms with E-state index in [1.54, 1.807) is 0 Å². The van der Waals surface area contributed by atoms with Crippen molar-refractivity contribution < 1.29 is 4.74 Å². The van der Waals surface area contributed by atoms with Crippen LogP contribution < -0.4 is 5.32 Å². The standard InChI is InChI=1S/C15H20N2O/c1-3-18-11-9-14(16-2)12-6-4-8-15-13(12)7-5-10-17-15/h4-8,10,14,16H,3,9,11H2,1-2H3. The lowest BCUT2D eigenvalue weighted by molar-refractivity contribution is 0.137. The van der Waals surface area contributed by atoms with Crippen LogP contribution in [0.2, 0.25) is 0 Å². The van der Waals surface area contributed by atoms with E-state index in [1.165, 1.54) is 10.9 Å². The first kappa shape index (κ1) is 13.0. The van der Waals surface area contributed by atoms with Crippen molar-refractivity contribution in [3.05, 3.63) is 42.1 Å². The minimum absolute atomic E-state index is 0.310. The van der Waals surface area contributed by atoms with E-state index in [0.717, 1.165) is 25.2 Å². The molecule has 1 atom stereocenters. The Hall–Kier alpha value is -1.45. The summed E-state index contributed by atoms with van der Waals surface area (Å²) in [7, 11) is 1.99. The second kappa shape index (κ2) is 6.47. The van der Waals surface area contributed by atoms with Crippen LogP contribution in [0.4, 0.5) is 0 Å². The van der Waals surface area contributed by atoms with Crippen molar-refractivity contribution in [1.82, 2.24) is 10.3 Å². The summed E-state index contributed by atoms with van der Waals surface area (Å²) in [6.45, 7) is 3.57. The number of benzene rings is 1. The van der Waals surface area contributed by atoms with Gasteiger partial charge in [-0.3, -0.25) is 4.98 Å². The van der Waals surface area contributed by atoms with Crippen LogP contribution in [0.25, 0.3) is 10.9 Å². The predicted molar refractivity (Wildman–Crippen MR) is 74.7 cm³/mol. The van der Waals surface area contributed by atoms with E-state index in [1.807, 2.05) is 32.3 Å². The van der Waals surface area contributed by atoms with Gasteiger partial charge in [0.15, 0.2) is 0 Å².